The molecule has 0 unspecified atom stereocenters. The minimum absolute atomic E-state index is 0.786. The van der Waals surface area contributed by atoms with Gasteiger partial charge in [0.2, 0.25) is 0 Å². The molecule has 0 fully saturated rings. The van der Waals surface area contributed by atoms with Crippen LogP contribution in [0.15, 0.2) is 48.5 Å². The summed E-state index contributed by atoms with van der Waals surface area (Å²) < 4.78 is 0. The van der Waals surface area contributed by atoms with Gasteiger partial charge >= 0.3 is 0 Å². The van der Waals surface area contributed by atoms with E-state index < -0.39 is 0 Å². The molecule has 0 aliphatic heterocycles. The normalized spacial score (nSPS) is 10.5. The molecule has 3 heteroatoms. The number of benzene rings is 2. The molecule has 0 amide bonds. The SMILES string of the molecule is CCCCN(CCCC)c1ccc(Nc2ccc(N)cc2)cc1. The fourth-order valence-corrected chi connectivity index (χ4v) is 2.56. The smallest absolute Gasteiger partial charge is 0.0385 e. The van der Waals surface area contributed by atoms with Crippen molar-refractivity contribution < 1.29 is 0 Å². The molecule has 2 aromatic carbocycles. The maximum Gasteiger partial charge on any atom is 0.0385 e. The molecule has 0 aliphatic rings. The Kier molecular flexibility index (Phi) is 6.79. The molecule has 0 saturated carbocycles. The van der Waals surface area contributed by atoms with Crippen LogP contribution >= 0.6 is 0 Å². The Morgan fingerprint density at radius 3 is 1.74 bits per heavy atom. The van der Waals surface area contributed by atoms with Crippen molar-refractivity contribution in [3.8, 4) is 0 Å². The van der Waals surface area contributed by atoms with E-state index in [0.717, 1.165) is 30.2 Å². The highest BCUT2D eigenvalue weighted by Gasteiger charge is 2.05. The summed E-state index contributed by atoms with van der Waals surface area (Å²) in [6.07, 6.45) is 4.96. The summed E-state index contributed by atoms with van der Waals surface area (Å²) >= 11 is 0. The van der Waals surface area contributed by atoms with Crippen LogP contribution < -0.4 is 16.0 Å². The highest BCUT2D eigenvalue weighted by Crippen LogP contribution is 2.22. The van der Waals surface area contributed by atoms with Crippen molar-refractivity contribution in [3.63, 3.8) is 0 Å². The van der Waals surface area contributed by atoms with Crippen LogP contribution in [0, 0.1) is 0 Å². The van der Waals surface area contributed by atoms with Gasteiger partial charge in [-0.15, -0.1) is 0 Å². The first-order valence-electron chi connectivity index (χ1n) is 8.70. The van der Waals surface area contributed by atoms with Crippen molar-refractivity contribution >= 4 is 22.7 Å². The molecule has 2 rings (SSSR count). The molecule has 0 aromatic heterocycles. The van der Waals surface area contributed by atoms with Gasteiger partial charge in [0.05, 0.1) is 0 Å². The molecule has 0 saturated heterocycles. The number of hydrogen-bond donors (Lipinski definition) is 2. The Hall–Kier alpha value is -2.16. The number of unbranched alkanes of at least 4 members (excludes halogenated alkanes) is 2. The number of nitrogens with one attached hydrogen (secondary N) is 1. The highest BCUT2D eigenvalue weighted by atomic mass is 15.1. The number of hydrogen-bond acceptors (Lipinski definition) is 3. The molecule has 124 valence electrons. The third kappa shape index (κ3) is 5.51. The number of anilines is 4. The van der Waals surface area contributed by atoms with Gasteiger partial charge in [0.15, 0.2) is 0 Å². The maximum atomic E-state index is 5.72. The van der Waals surface area contributed by atoms with Crippen LogP contribution in [0.2, 0.25) is 0 Å². The fraction of sp³-hybridized carbons (Fsp3) is 0.400. The first-order valence-corrected chi connectivity index (χ1v) is 8.70. The topological polar surface area (TPSA) is 41.3 Å². The lowest BCUT2D eigenvalue weighted by Crippen LogP contribution is -2.25. The van der Waals surface area contributed by atoms with Crippen molar-refractivity contribution in [2.24, 2.45) is 0 Å². The Balaban J connectivity index is 2.02. The van der Waals surface area contributed by atoms with Crippen LogP contribution in [-0.4, -0.2) is 13.1 Å². The van der Waals surface area contributed by atoms with Gasteiger partial charge in [-0.05, 0) is 61.4 Å². The molecule has 23 heavy (non-hydrogen) atoms. The quantitative estimate of drug-likeness (QED) is 0.608. The zero-order valence-corrected chi connectivity index (χ0v) is 14.4. The van der Waals surface area contributed by atoms with E-state index in [-0.39, 0.29) is 0 Å². The molecule has 3 N–H and O–H groups in total. The minimum Gasteiger partial charge on any atom is -0.399 e. The van der Waals surface area contributed by atoms with Gasteiger partial charge in [0, 0.05) is 35.8 Å². The van der Waals surface area contributed by atoms with Gasteiger partial charge in [0.25, 0.3) is 0 Å². The van der Waals surface area contributed by atoms with Crippen molar-refractivity contribution in [2.75, 3.05) is 29.0 Å². The first-order chi connectivity index (χ1) is 11.2. The van der Waals surface area contributed by atoms with Gasteiger partial charge in [-0.3, -0.25) is 0 Å². The molecular weight excluding hydrogens is 282 g/mol. The van der Waals surface area contributed by atoms with Crippen molar-refractivity contribution in [1.29, 1.82) is 0 Å². The van der Waals surface area contributed by atoms with Gasteiger partial charge in [0.1, 0.15) is 0 Å². The average molecular weight is 311 g/mol. The second-order valence-corrected chi connectivity index (χ2v) is 5.99. The maximum absolute atomic E-state index is 5.72. The van der Waals surface area contributed by atoms with Crippen LogP contribution in [-0.2, 0) is 0 Å². The van der Waals surface area contributed by atoms with Gasteiger partial charge in [-0.1, -0.05) is 26.7 Å². The standard InChI is InChI=1S/C20H29N3/c1-3-5-15-23(16-6-4-2)20-13-11-19(12-14-20)22-18-9-7-17(21)8-10-18/h7-14,22H,3-6,15-16,21H2,1-2H3. The summed E-state index contributed by atoms with van der Waals surface area (Å²) in [4.78, 5) is 2.50. The highest BCUT2D eigenvalue weighted by molar-refractivity contribution is 5.64. The number of rotatable bonds is 9. The van der Waals surface area contributed by atoms with Crippen LogP contribution in [0.25, 0.3) is 0 Å². The lowest BCUT2D eigenvalue weighted by molar-refractivity contribution is 0.678. The molecule has 0 radical (unpaired) electrons. The Labute approximate surface area is 140 Å². The summed E-state index contributed by atoms with van der Waals surface area (Å²) in [5.74, 6) is 0. The molecule has 0 atom stereocenters. The van der Waals surface area contributed by atoms with E-state index in [2.05, 4.69) is 48.3 Å². The second-order valence-electron chi connectivity index (χ2n) is 5.99. The van der Waals surface area contributed by atoms with E-state index in [4.69, 9.17) is 5.73 Å². The fourth-order valence-electron chi connectivity index (χ4n) is 2.56. The summed E-state index contributed by atoms with van der Waals surface area (Å²) in [5, 5.41) is 3.41. The molecule has 2 aromatic rings. The van der Waals surface area contributed by atoms with Gasteiger partial charge < -0.3 is 16.0 Å². The second kappa shape index (κ2) is 9.09. The van der Waals surface area contributed by atoms with E-state index in [0.29, 0.717) is 0 Å². The summed E-state index contributed by atoms with van der Waals surface area (Å²) in [6.45, 7) is 6.78. The third-order valence-corrected chi connectivity index (χ3v) is 3.99. The summed E-state index contributed by atoms with van der Waals surface area (Å²) in [5.41, 5.74) is 9.98. The van der Waals surface area contributed by atoms with E-state index in [1.165, 1.54) is 31.4 Å². The van der Waals surface area contributed by atoms with Crippen molar-refractivity contribution in [3.05, 3.63) is 48.5 Å². The first kappa shape index (κ1) is 17.2. The van der Waals surface area contributed by atoms with Crippen molar-refractivity contribution in [1.82, 2.24) is 0 Å². The lowest BCUT2D eigenvalue weighted by Gasteiger charge is -2.25. The number of nitrogen functional groups attached to an aromatic ring is 1. The van der Waals surface area contributed by atoms with E-state index in [1.807, 2.05) is 24.3 Å². The Morgan fingerprint density at radius 2 is 1.26 bits per heavy atom. The van der Waals surface area contributed by atoms with E-state index in [1.54, 1.807) is 0 Å². The number of nitrogens with two attached hydrogens (primary N) is 1. The van der Waals surface area contributed by atoms with Crippen molar-refractivity contribution in [2.45, 2.75) is 39.5 Å². The molecule has 3 nitrogen and oxygen atoms in total. The van der Waals surface area contributed by atoms with Crippen LogP contribution in [0.4, 0.5) is 22.7 Å². The predicted octanol–water partition coefficient (Wildman–Crippen LogP) is 5.42. The molecule has 0 bridgehead atoms. The van der Waals surface area contributed by atoms with E-state index in [9.17, 15) is 0 Å². The van der Waals surface area contributed by atoms with E-state index >= 15 is 0 Å². The van der Waals surface area contributed by atoms with Gasteiger partial charge in [-0.25, -0.2) is 0 Å². The Morgan fingerprint density at radius 1 is 0.783 bits per heavy atom. The van der Waals surface area contributed by atoms with Crippen LogP contribution in [0.5, 0.6) is 0 Å². The molecule has 0 heterocycles. The van der Waals surface area contributed by atoms with Gasteiger partial charge in [-0.2, -0.15) is 0 Å². The monoisotopic (exact) mass is 311 g/mol. The number of nitrogens with zero attached hydrogens (tertiary/aromatic N) is 1. The molecule has 0 spiro atoms. The lowest BCUT2D eigenvalue weighted by atomic mass is 10.2. The van der Waals surface area contributed by atoms with Crippen LogP contribution in [0.3, 0.4) is 0 Å². The summed E-state index contributed by atoms with van der Waals surface area (Å²) in [6, 6.07) is 16.5. The van der Waals surface area contributed by atoms with Crippen LogP contribution in [0.1, 0.15) is 39.5 Å². The molecule has 0 aliphatic carbocycles. The minimum atomic E-state index is 0.786. The average Bonchev–Trinajstić information content (AvgIpc) is 2.58. The zero-order chi connectivity index (χ0) is 16.5. The Bertz CT molecular complexity index is 552. The third-order valence-electron chi connectivity index (χ3n) is 3.99. The summed E-state index contributed by atoms with van der Waals surface area (Å²) in [7, 11) is 0. The predicted molar refractivity (Wildman–Crippen MR) is 103 cm³/mol. The largest absolute Gasteiger partial charge is 0.399 e. The zero-order valence-electron chi connectivity index (χ0n) is 14.4. The molecular formula is C20H29N3.